The standard InChI is InChI=1S/C15H25N3/c1-11(2)14-10-18(13-6-5-7-16-8-13)15(9-17-14)12(3)4/h5-8,11-12,14-15,17H,9-10H2,1-4H3. The summed E-state index contributed by atoms with van der Waals surface area (Å²) in [6, 6.07) is 5.33. The third-order valence-electron chi connectivity index (χ3n) is 3.93. The number of nitrogens with zero attached hydrogens (tertiary/aromatic N) is 2. The molecule has 1 aliphatic heterocycles. The van der Waals surface area contributed by atoms with Gasteiger partial charge in [0.1, 0.15) is 0 Å². The molecule has 2 heterocycles. The number of hydrogen-bond donors (Lipinski definition) is 1. The Labute approximate surface area is 111 Å². The maximum Gasteiger partial charge on any atom is 0.0556 e. The highest BCUT2D eigenvalue weighted by Crippen LogP contribution is 2.24. The zero-order valence-corrected chi connectivity index (χ0v) is 11.9. The van der Waals surface area contributed by atoms with Gasteiger partial charge in [0.15, 0.2) is 0 Å². The van der Waals surface area contributed by atoms with E-state index in [-0.39, 0.29) is 0 Å². The molecule has 1 aromatic heterocycles. The fourth-order valence-corrected chi connectivity index (χ4v) is 2.66. The van der Waals surface area contributed by atoms with Crippen LogP contribution < -0.4 is 10.2 Å². The fraction of sp³-hybridized carbons (Fsp3) is 0.667. The molecule has 1 aromatic rings. The Balaban J connectivity index is 2.20. The first-order chi connectivity index (χ1) is 8.59. The van der Waals surface area contributed by atoms with Gasteiger partial charge in [-0.25, -0.2) is 0 Å². The summed E-state index contributed by atoms with van der Waals surface area (Å²) in [4.78, 5) is 6.79. The normalized spacial score (nSPS) is 24.9. The molecule has 1 N–H and O–H groups in total. The van der Waals surface area contributed by atoms with Crippen LogP contribution in [0.5, 0.6) is 0 Å². The van der Waals surface area contributed by atoms with E-state index >= 15 is 0 Å². The molecule has 2 atom stereocenters. The van der Waals surface area contributed by atoms with Crippen LogP contribution in [0.25, 0.3) is 0 Å². The van der Waals surface area contributed by atoms with Gasteiger partial charge in [0.2, 0.25) is 0 Å². The number of nitrogens with one attached hydrogen (secondary N) is 1. The molecule has 1 aliphatic rings. The molecule has 2 unspecified atom stereocenters. The van der Waals surface area contributed by atoms with E-state index < -0.39 is 0 Å². The van der Waals surface area contributed by atoms with Crippen molar-refractivity contribution in [2.24, 2.45) is 11.8 Å². The molecule has 0 aromatic carbocycles. The van der Waals surface area contributed by atoms with E-state index in [1.807, 2.05) is 18.5 Å². The van der Waals surface area contributed by atoms with Crippen LogP contribution in [0.3, 0.4) is 0 Å². The molecule has 3 heteroatoms. The smallest absolute Gasteiger partial charge is 0.0556 e. The molecule has 3 nitrogen and oxygen atoms in total. The summed E-state index contributed by atoms with van der Waals surface area (Å²) >= 11 is 0. The van der Waals surface area contributed by atoms with Gasteiger partial charge in [0.05, 0.1) is 11.9 Å². The quantitative estimate of drug-likeness (QED) is 0.889. The van der Waals surface area contributed by atoms with Crippen molar-refractivity contribution in [3.8, 4) is 0 Å². The number of aromatic nitrogens is 1. The molecular weight excluding hydrogens is 222 g/mol. The summed E-state index contributed by atoms with van der Waals surface area (Å²) in [5.74, 6) is 1.31. The number of hydrogen-bond acceptors (Lipinski definition) is 3. The Kier molecular flexibility index (Phi) is 4.23. The molecule has 1 fully saturated rings. The summed E-state index contributed by atoms with van der Waals surface area (Å²) < 4.78 is 0. The van der Waals surface area contributed by atoms with E-state index in [9.17, 15) is 0 Å². The lowest BCUT2D eigenvalue weighted by atomic mass is 9.94. The largest absolute Gasteiger partial charge is 0.364 e. The maximum atomic E-state index is 4.26. The van der Waals surface area contributed by atoms with E-state index in [1.54, 1.807) is 0 Å². The van der Waals surface area contributed by atoms with Crippen molar-refractivity contribution in [2.75, 3.05) is 18.0 Å². The van der Waals surface area contributed by atoms with Gasteiger partial charge in [0, 0.05) is 31.4 Å². The monoisotopic (exact) mass is 247 g/mol. The average molecular weight is 247 g/mol. The zero-order valence-electron chi connectivity index (χ0n) is 11.9. The second-order valence-electron chi connectivity index (χ2n) is 5.93. The van der Waals surface area contributed by atoms with Crippen molar-refractivity contribution in [1.29, 1.82) is 0 Å². The lowest BCUT2D eigenvalue weighted by Crippen LogP contribution is -2.60. The van der Waals surface area contributed by atoms with Gasteiger partial charge < -0.3 is 10.2 Å². The van der Waals surface area contributed by atoms with Gasteiger partial charge >= 0.3 is 0 Å². The molecule has 100 valence electrons. The van der Waals surface area contributed by atoms with Crippen LogP contribution in [0.2, 0.25) is 0 Å². The number of anilines is 1. The SMILES string of the molecule is CC(C)C1CN(c2cccnc2)C(C(C)C)CN1. The summed E-state index contributed by atoms with van der Waals surface area (Å²) in [6.45, 7) is 11.3. The van der Waals surface area contributed by atoms with Crippen molar-refractivity contribution in [1.82, 2.24) is 10.3 Å². The van der Waals surface area contributed by atoms with Gasteiger partial charge in [-0.15, -0.1) is 0 Å². The Morgan fingerprint density at radius 2 is 2.06 bits per heavy atom. The maximum absolute atomic E-state index is 4.26. The first kappa shape index (κ1) is 13.3. The summed E-state index contributed by atoms with van der Waals surface area (Å²) in [5, 5.41) is 3.69. The third-order valence-corrected chi connectivity index (χ3v) is 3.93. The van der Waals surface area contributed by atoms with Gasteiger partial charge in [-0.05, 0) is 24.0 Å². The van der Waals surface area contributed by atoms with Crippen LogP contribution in [0, 0.1) is 11.8 Å². The summed E-state index contributed by atoms with van der Waals surface area (Å²) in [5.41, 5.74) is 1.25. The van der Waals surface area contributed by atoms with E-state index in [0.29, 0.717) is 23.9 Å². The average Bonchev–Trinajstić information content (AvgIpc) is 2.39. The highest BCUT2D eigenvalue weighted by atomic mass is 15.2. The molecule has 0 aliphatic carbocycles. The van der Waals surface area contributed by atoms with E-state index in [0.717, 1.165) is 13.1 Å². The second-order valence-corrected chi connectivity index (χ2v) is 5.93. The molecule has 0 amide bonds. The van der Waals surface area contributed by atoms with Crippen molar-refractivity contribution in [3.63, 3.8) is 0 Å². The van der Waals surface area contributed by atoms with Crippen LogP contribution in [0.15, 0.2) is 24.5 Å². The Morgan fingerprint density at radius 1 is 1.28 bits per heavy atom. The lowest BCUT2D eigenvalue weighted by Gasteiger charge is -2.45. The Morgan fingerprint density at radius 3 is 2.61 bits per heavy atom. The van der Waals surface area contributed by atoms with Crippen LogP contribution in [-0.2, 0) is 0 Å². The predicted octanol–water partition coefficient (Wildman–Crippen LogP) is 2.54. The number of pyridine rings is 1. The van der Waals surface area contributed by atoms with Gasteiger partial charge in [-0.2, -0.15) is 0 Å². The molecular formula is C15H25N3. The zero-order chi connectivity index (χ0) is 13.1. The second kappa shape index (κ2) is 5.70. The first-order valence-electron chi connectivity index (χ1n) is 6.99. The first-order valence-corrected chi connectivity index (χ1v) is 6.99. The van der Waals surface area contributed by atoms with Crippen molar-refractivity contribution < 1.29 is 0 Å². The molecule has 0 saturated carbocycles. The number of rotatable bonds is 3. The summed E-state index contributed by atoms with van der Waals surface area (Å²) in [7, 11) is 0. The van der Waals surface area contributed by atoms with Crippen molar-refractivity contribution >= 4 is 5.69 Å². The highest BCUT2D eigenvalue weighted by Gasteiger charge is 2.31. The van der Waals surface area contributed by atoms with Gasteiger partial charge in [-0.1, -0.05) is 27.7 Å². The minimum atomic E-state index is 0.559. The van der Waals surface area contributed by atoms with Crippen molar-refractivity contribution in [2.45, 2.75) is 39.8 Å². The molecule has 18 heavy (non-hydrogen) atoms. The molecule has 0 radical (unpaired) electrons. The van der Waals surface area contributed by atoms with E-state index in [4.69, 9.17) is 0 Å². The molecule has 0 spiro atoms. The third kappa shape index (κ3) is 2.83. The highest BCUT2D eigenvalue weighted by molar-refractivity contribution is 5.46. The van der Waals surface area contributed by atoms with E-state index in [1.165, 1.54) is 5.69 Å². The summed E-state index contributed by atoms with van der Waals surface area (Å²) in [6.07, 6.45) is 3.83. The molecule has 2 rings (SSSR count). The Bertz CT molecular complexity index is 361. The van der Waals surface area contributed by atoms with Crippen molar-refractivity contribution in [3.05, 3.63) is 24.5 Å². The predicted molar refractivity (Wildman–Crippen MR) is 76.8 cm³/mol. The van der Waals surface area contributed by atoms with Crippen LogP contribution in [-0.4, -0.2) is 30.2 Å². The van der Waals surface area contributed by atoms with Gasteiger partial charge in [0.25, 0.3) is 0 Å². The molecule has 1 saturated heterocycles. The topological polar surface area (TPSA) is 28.2 Å². The fourth-order valence-electron chi connectivity index (χ4n) is 2.66. The Hall–Kier alpha value is -1.09. The van der Waals surface area contributed by atoms with Crippen LogP contribution in [0.4, 0.5) is 5.69 Å². The van der Waals surface area contributed by atoms with Gasteiger partial charge in [-0.3, -0.25) is 4.98 Å². The minimum absolute atomic E-state index is 0.559. The minimum Gasteiger partial charge on any atom is -0.364 e. The van der Waals surface area contributed by atoms with E-state index in [2.05, 4.69) is 49.0 Å². The lowest BCUT2D eigenvalue weighted by molar-refractivity contribution is 0.295. The van der Waals surface area contributed by atoms with Crippen LogP contribution >= 0.6 is 0 Å². The number of piperazine rings is 1. The molecule has 0 bridgehead atoms. The van der Waals surface area contributed by atoms with Crippen LogP contribution in [0.1, 0.15) is 27.7 Å².